The Labute approximate surface area is 107 Å². The van der Waals surface area contributed by atoms with Gasteiger partial charge in [0, 0.05) is 9.75 Å². The number of furan rings is 1. The maximum atomic E-state index is 5.54. The third-order valence-corrected chi connectivity index (χ3v) is 4.11. The van der Waals surface area contributed by atoms with Gasteiger partial charge in [-0.3, -0.25) is 0 Å². The van der Waals surface area contributed by atoms with Gasteiger partial charge in [0.15, 0.2) is 0 Å². The summed E-state index contributed by atoms with van der Waals surface area (Å²) in [7, 11) is 0. The van der Waals surface area contributed by atoms with Crippen LogP contribution in [0.4, 0.5) is 0 Å². The number of nitrogens with one attached hydrogen (secondary N) is 1. The fraction of sp³-hybridized carbons (Fsp3) is 0.429. The maximum Gasteiger partial charge on any atom is 0.126 e. The van der Waals surface area contributed by atoms with E-state index in [-0.39, 0.29) is 6.04 Å². The lowest BCUT2D eigenvalue weighted by Crippen LogP contribution is -2.21. The van der Waals surface area contributed by atoms with E-state index in [1.807, 2.05) is 23.5 Å². The maximum absolute atomic E-state index is 5.54. The molecule has 0 amide bonds. The molecule has 2 rings (SSSR count). The molecule has 0 saturated carbocycles. The van der Waals surface area contributed by atoms with Crippen LogP contribution in [0.2, 0.25) is 0 Å². The Kier molecular flexibility index (Phi) is 4.02. The van der Waals surface area contributed by atoms with E-state index in [0.717, 1.165) is 18.7 Å². The molecule has 0 aliphatic heterocycles. The van der Waals surface area contributed by atoms with E-state index in [1.165, 1.54) is 15.3 Å². The number of hydrogen-bond acceptors (Lipinski definition) is 3. The van der Waals surface area contributed by atoms with Gasteiger partial charge < -0.3 is 9.73 Å². The summed E-state index contributed by atoms with van der Waals surface area (Å²) in [4.78, 5) is 2.72. The van der Waals surface area contributed by atoms with Crippen LogP contribution in [-0.2, 0) is 0 Å². The summed E-state index contributed by atoms with van der Waals surface area (Å²) in [6, 6.07) is 6.44. The Bertz CT molecular complexity index is 439. The lowest BCUT2D eigenvalue weighted by atomic mass is 10.1. The molecule has 0 spiro atoms. The van der Waals surface area contributed by atoms with Crippen LogP contribution < -0.4 is 5.32 Å². The van der Waals surface area contributed by atoms with Gasteiger partial charge in [0.25, 0.3) is 0 Å². The smallest absolute Gasteiger partial charge is 0.126 e. The number of thiophene rings is 1. The summed E-state index contributed by atoms with van der Waals surface area (Å²) in [5.41, 5.74) is 1.36. The number of rotatable bonds is 5. The Morgan fingerprint density at radius 2 is 2.24 bits per heavy atom. The second kappa shape index (κ2) is 5.52. The minimum atomic E-state index is 0.197. The van der Waals surface area contributed by atoms with Crippen molar-refractivity contribution in [1.29, 1.82) is 0 Å². The summed E-state index contributed by atoms with van der Waals surface area (Å²) in [5.74, 6) is 1.000. The average molecular weight is 249 g/mol. The first-order valence-electron chi connectivity index (χ1n) is 6.06. The quantitative estimate of drug-likeness (QED) is 0.865. The summed E-state index contributed by atoms with van der Waals surface area (Å²) in [6.07, 6.45) is 2.86. The van der Waals surface area contributed by atoms with Crippen molar-refractivity contribution in [2.75, 3.05) is 6.54 Å². The van der Waals surface area contributed by atoms with E-state index in [2.05, 4.69) is 32.2 Å². The van der Waals surface area contributed by atoms with E-state index in [0.29, 0.717) is 0 Å². The van der Waals surface area contributed by atoms with Gasteiger partial charge in [-0.1, -0.05) is 6.92 Å². The topological polar surface area (TPSA) is 25.2 Å². The lowest BCUT2D eigenvalue weighted by Gasteiger charge is -2.14. The minimum absolute atomic E-state index is 0.197. The van der Waals surface area contributed by atoms with Gasteiger partial charge in [-0.05, 0) is 50.6 Å². The molecule has 0 aromatic carbocycles. The fourth-order valence-corrected chi connectivity index (χ4v) is 2.96. The van der Waals surface area contributed by atoms with Crippen molar-refractivity contribution in [3.05, 3.63) is 45.5 Å². The normalized spacial score (nSPS) is 12.9. The van der Waals surface area contributed by atoms with Gasteiger partial charge in [0.1, 0.15) is 11.8 Å². The highest BCUT2D eigenvalue weighted by Gasteiger charge is 2.18. The van der Waals surface area contributed by atoms with Crippen LogP contribution in [0.3, 0.4) is 0 Å². The SMILES string of the molecule is CCCNC(c1ccco1)c1cc(C)c(C)s1. The number of hydrogen-bond donors (Lipinski definition) is 1. The summed E-state index contributed by atoms with van der Waals surface area (Å²) in [6.45, 7) is 7.51. The third-order valence-electron chi connectivity index (χ3n) is 2.90. The molecule has 0 fully saturated rings. The Morgan fingerprint density at radius 3 is 2.76 bits per heavy atom. The highest BCUT2D eigenvalue weighted by Crippen LogP contribution is 2.30. The van der Waals surface area contributed by atoms with E-state index in [9.17, 15) is 0 Å². The van der Waals surface area contributed by atoms with Gasteiger partial charge in [-0.25, -0.2) is 0 Å². The van der Waals surface area contributed by atoms with Crippen LogP contribution in [0, 0.1) is 13.8 Å². The highest BCUT2D eigenvalue weighted by molar-refractivity contribution is 7.12. The molecule has 0 radical (unpaired) electrons. The molecule has 1 unspecified atom stereocenters. The van der Waals surface area contributed by atoms with Crippen molar-refractivity contribution in [2.45, 2.75) is 33.2 Å². The van der Waals surface area contributed by atoms with Crippen molar-refractivity contribution in [1.82, 2.24) is 5.32 Å². The van der Waals surface area contributed by atoms with E-state index in [1.54, 1.807) is 6.26 Å². The van der Waals surface area contributed by atoms with E-state index >= 15 is 0 Å². The zero-order chi connectivity index (χ0) is 12.3. The van der Waals surface area contributed by atoms with Crippen LogP contribution >= 0.6 is 11.3 Å². The average Bonchev–Trinajstić information content (AvgIpc) is 2.92. The van der Waals surface area contributed by atoms with Gasteiger partial charge in [0.2, 0.25) is 0 Å². The zero-order valence-corrected chi connectivity index (χ0v) is 11.4. The van der Waals surface area contributed by atoms with Crippen LogP contribution in [0.1, 0.15) is 40.5 Å². The highest BCUT2D eigenvalue weighted by atomic mass is 32.1. The molecule has 2 aromatic heterocycles. The van der Waals surface area contributed by atoms with Gasteiger partial charge >= 0.3 is 0 Å². The Hall–Kier alpha value is -1.06. The largest absolute Gasteiger partial charge is 0.467 e. The summed E-state index contributed by atoms with van der Waals surface area (Å²) in [5, 5.41) is 3.55. The lowest BCUT2D eigenvalue weighted by molar-refractivity contribution is 0.450. The van der Waals surface area contributed by atoms with Gasteiger partial charge in [0.05, 0.1) is 6.26 Å². The molecule has 2 aromatic rings. The van der Waals surface area contributed by atoms with Crippen LogP contribution in [0.5, 0.6) is 0 Å². The first-order valence-corrected chi connectivity index (χ1v) is 6.87. The molecule has 92 valence electrons. The van der Waals surface area contributed by atoms with Crippen LogP contribution in [-0.4, -0.2) is 6.54 Å². The van der Waals surface area contributed by atoms with Crippen molar-refractivity contribution >= 4 is 11.3 Å². The van der Waals surface area contributed by atoms with Gasteiger partial charge in [-0.15, -0.1) is 11.3 Å². The Morgan fingerprint density at radius 1 is 1.41 bits per heavy atom. The zero-order valence-electron chi connectivity index (χ0n) is 10.6. The second-order valence-electron chi connectivity index (χ2n) is 4.29. The van der Waals surface area contributed by atoms with Crippen LogP contribution in [0.15, 0.2) is 28.9 Å². The summed E-state index contributed by atoms with van der Waals surface area (Å²) >= 11 is 1.85. The van der Waals surface area contributed by atoms with Crippen molar-refractivity contribution < 1.29 is 4.42 Å². The standard InChI is InChI=1S/C14H19NOS/c1-4-7-15-14(12-6-5-8-16-12)13-9-10(2)11(3)17-13/h5-6,8-9,14-15H,4,7H2,1-3H3. The molecule has 2 heterocycles. The predicted molar refractivity (Wildman–Crippen MR) is 72.6 cm³/mol. The number of aryl methyl sites for hydroxylation is 2. The molecule has 0 aliphatic carbocycles. The molecule has 1 N–H and O–H groups in total. The first-order chi connectivity index (χ1) is 8.22. The summed E-state index contributed by atoms with van der Waals surface area (Å²) < 4.78 is 5.54. The second-order valence-corrected chi connectivity index (χ2v) is 5.58. The molecule has 17 heavy (non-hydrogen) atoms. The Balaban J connectivity index is 2.26. The first kappa shape index (κ1) is 12.4. The van der Waals surface area contributed by atoms with Crippen molar-refractivity contribution in [3.63, 3.8) is 0 Å². The minimum Gasteiger partial charge on any atom is -0.467 e. The van der Waals surface area contributed by atoms with Crippen LogP contribution in [0.25, 0.3) is 0 Å². The molecule has 0 bridgehead atoms. The van der Waals surface area contributed by atoms with Crippen molar-refractivity contribution in [2.24, 2.45) is 0 Å². The van der Waals surface area contributed by atoms with Gasteiger partial charge in [-0.2, -0.15) is 0 Å². The van der Waals surface area contributed by atoms with E-state index in [4.69, 9.17) is 4.42 Å². The molecule has 1 atom stereocenters. The molecule has 3 heteroatoms. The molecule has 2 nitrogen and oxygen atoms in total. The molecular weight excluding hydrogens is 230 g/mol. The van der Waals surface area contributed by atoms with Crippen molar-refractivity contribution in [3.8, 4) is 0 Å². The monoisotopic (exact) mass is 249 g/mol. The third kappa shape index (κ3) is 2.79. The van der Waals surface area contributed by atoms with E-state index < -0.39 is 0 Å². The molecule has 0 aliphatic rings. The predicted octanol–water partition coefficient (Wildman–Crippen LogP) is 4.05. The molecule has 0 saturated heterocycles. The molecular formula is C14H19NOS. The fourth-order valence-electron chi connectivity index (χ4n) is 1.83.